The molecule has 1 atom stereocenters. The van der Waals surface area contributed by atoms with Crippen molar-refractivity contribution in [3.05, 3.63) is 0 Å². The van der Waals surface area contributed by atoms with Gasteiger partial charge in [0.2, 0.25) is 0 Å². The lowest BCUT2D eigenvalue weighted by atomic mass is 9.85. The van der Waals surface area contributed by atoms with Crippen LogP contribution in [0.25, 0.3) is 0 Å². The molecule has 1 unspecified atom stereocenters. The maximum absolute atomic E-state index is 3.82. The monoisotopic (exact) mass is 279 g/mol. The number of piperazine rings is 1. The molecule has 1 saturated heterocycles. The van der Waals surface area contributed by atoms with E-state index in [-0.39, 0.29) is 0 Å². The molecule has 2 aliphatic carbocycles. The molecule has 1 aliphatic heterocycles. The van der Waals surface area contributed by atoms with E-state index in [1.165, 1.54) is 77.8 Å². The highest BCUT2D eigenvalue weighted by atomic mass is 15.3. The molecule has 0 aromatic rings. The first-order chi connectivity index (χ1) is 9.71. The standard InChI is InChI=1S/C17H33N3/c1-3-20-11-10-19(12-15(20)2)14-17(8-4-5-9-17)13-18-16-6-7-16/h15-16,18H,3-14H2,1-2H3. The Morgan fingerprint density at radius 3 is 2.50 bits per heavy atom. The van der Waals surface area contributed by atoms with E-state index < -0.39 is 0 Å². The number of nitrogens with zero attached hydrogens (tertiary/aromatic N) is 2. The largest absolute Gasteiger partial charge is 0.313 e. The van der Waals surface area contributed by atoms with Crippen LogP contribution in [0.4, 0.5) is 0 Å². The van der Waals surface area contributed by atoms with Crippen molar-refractivity contribution in [3.8, 4) is 0 Å². The summed E-state index contributed by atoms with van der Waals surface area (Å²) in [5.41, 5.74) is 0.594. The van der Waals surface area contributed by atoms with Gasteiger partial charge in [-0.3, -0.25) is 9.80 Å². The lowest BCUT2D eigenvalue weighted by Crippen LogP contribution is -2.54. The molecule has 3 aliphatic rings. The van der Waals surface area contributed by atoms with Gasteiger partial charge < -0.3 is 5.32 Å². The SMILES string of the molecule is CCN1CCN(CC2(CNC3CC3)CCCC2)CC1C. The van der Waals surface area contributed by atoms with Gasteiger partial charge in [-0.05, 0) is 44.6 Å². The van der Waals surface area contributed by atoms with Crippen molar-refractivity contribution >= 4 is 0 Å². The van der Waals surface area contributed by atoms with Gasteiger partial charge >= 0.3 is 0 Å². The van der Waals surface area contributed by atoms with Gasteiger partial charge in [0.1, 0.15) is 0 Å². The average molecular weight is 279 g/mol. The molecule has 0 radical (unpaired) electrons. The van der Waals surface area contributed by atoms with Crippen LogP contribution in [-0.4, -0.2) is 61.2 Å². The summed E-state index contributed by atoms with van der Waals surface area (Å²) in [4.78, 5) is 5.39. The fraction of sp³-hybridized carbons (Fsp3) is 1.00. The van der Waals surface area contributed by atoms with Gasteiger partial charge in [0.15, 0.2) is 0 Å². The summed E-state index contributed by atoms with van der Waals surface area (Å²) in [5, 5.41) is 3.82. The van der Waals surface area contributed by atoms with Crippen LogP contribution < -0.4 is 5.32 Å². The summed E-state index contributed by atoms with van der Waals surface area (Å²) in [7, 11) is 0. The van der Waals surface area contributed by atoms with E-state index in [1.54, 1.807) is 0 Å². The molecule has 1 heterocycles. The molecular weight excluding hydrogens is 246 g/mol. The predicted octanol–water partition coefficient (Wildman–Crippen LogP) is 2.32. The normalized spacial score (nSPS) is 31.8. The minimum Gasteiger partial charge on any atom is -0.313 e. The van der Waals surface area contributed by atoms with Crippen molar-refractivity contribution in [2.24, 2.45) is 5.41 Å². The van der Waals surface area contributed by atoms with Crippen LogP contribution >= 0.6 is 0 Å². The smallest absolute Gasteiger partial charge is 0.0195 e. The van der Waals surface area contributed by atoms with Crippen LogP contribution in [0.5, 0.6) is 0 Å². The lowest BCUT2D eigenvalue weighted by Gasteiger charge is -2.43. The van der Waals surface area contributed by atoms with Gasteiger partial charge in [-0.15, -0.1) is 0 Å². The number of rotatable bonds is 6. The zero-order valence-corrected chi connectivity index (χ0v) is 13.5. The quantitative estimate of drug-likeness (QED) is 0.805. The molecule has 0 bridgehead atoms. The Labute approximate surface area is 125 Å². The molecule has 2 saturated carbocycles. The van der Waals surface area contributed by atoms with Crippen molar-refractivity contribution in [2.45, 2.75) is 64.5 Å². The van der Waals surface area contributed by atoms with Crippen molar-refractivity contribution in [3.63, 3.8) is 0 Å². The van der Waals surface area contributed by atoms with E-state index in [2.05, 4.69) is 29.0 Å². The Bertz CT molecular complexity index is 307. The van der Waals surface area contributed by atoms with Gasteiger partial charge in [-0.2, -0.15) is 0 Å². The molecule has 0 amide bonds. The highest BCUT2D eigenvalue weighted by Gasteiger charge is 2.38. The first kappa shape index (κ1) is 14.8. The maximum Gasteiger partial charge on any atom is 0.0195 e. The topological polar surface area (TPSA) is 18.5 Å². The van der Waals surface area contributed by atoms with Crippen molar-refractivity contribution in [1.29, 1.82) is 0 Å². The minimum absolute atomic E-state index is 0.594. The molecule has 3 fully saturated rings. The average Bonchev–Trinajstić information content (AvgIpc) is 3.17. The summed E-state index contributed by atoms with van der Waals surface area (Å²) in [6.07, 6.45) is 8.66. The molecular formula is C17H33N3. The highest BCUT2D eigenvalue weighted by Crippen LogP contribution is 2.39. The molecule has 116 valence electrons. The van der Waals surface area contributed by atoms with Crippen LogP contribution in [-0.2, 0) is 0 Å². The fourth-order valence-corrected chi connectivity index (χ4v) is 4.32. The Balaban J connectivity index is 1.53. The first-order valence-electron chi connectivity index (χ1n) is 8.90. The molecule has 0 spiro atoms. The molecule has 0 aromatic carbocycles. The summed E-state index contributed by atoms with van der Waals surface area (Å²) < 4.78 is 0. The van der Waals surface area contributed by atoms with E-state index in [0.29, 0.717) is 5.41 Å². The fourth-order valence-electron chi connectivity index (χ4n) is 4.32. The Morgan fingerprint density at radius 1 is 1.15 bits per heavy atom. The van der Waals surface area contributed by atoms with Gasteiger partial charge in [0.05, 0.1) is 0 Å². The molecule has 20 heavy (non-hydrogen) atoms. The molecule has 1 N–H and O–H groups in total. The van der Waals surface area contributed by atoms with E-state index in [1.807, 2.05) is 0 Å². The third kappa shape index (κ3) is 3.55. The summed E-state index contributed by atoms with van der Waals surface area (Å²) in [5.74, 6) is 0. The summed E-state index contributed by atoms with van der Waals surface area (Å²) in [6.45, 7) is 12.4. The second-order valence-electron chi connectivity index (χ2n) is 7.58. The summed E-state index contributed by atoms with van der Waals surface area (Å²) >= 11 is 0. The van der Waals surface area contributed by atoms with Crippen molar-refractivity contribution in [2.75, 3.05) is 39.3 Å². The van der Waals surface area contributed by atoms with Gasteiger partial charge in [-0.1, -0.05) is 19.8 Å². The zero-order valence-electron chi connectivity index (χ0n) is 13.5. The Morgan fingerprint density at radius 2 is 1.90 bits per heavy atom. The second-order valence-corrected chi connectivity index (χ2v) is 7.58. The molecule has 0 aromatic heterocycles. The first-order valence-corrected chi connectivity index (χ1v) is 8.90. The zero-order chi connectivity index (χ0) is 14.0. The van der Waals surface area contributed by atoms with Crippen molar-refractivity contribution < 1.29 is 0 Å². The third-order valence-electron chi connectivity index (χ3n) is 5.82. The summed E-state index contributed by atoms with van der Waals surface area (Å²) in [6, 6.07) is 1.60. The van der Waals surface area contributed by atoms with E-state index in [4.69, 9.17) is 0 Å². The molecule has 3 heteroatoms. The van der Waals surface area contributed by atoms with Crippen LogP contribution in [0.3, 0.4) is 0 Å². The van der Waals surface area contributed by atoms with Crippen LogP contribution in [0.1, 0.15) is 52.4 Å². The van der Waals surface area contributed by atoms with E-state index in [9.17, 15) is 0 Å². The number of likely N-dealkylation sites (N-methyl/N-ethyl adjacent to an activating group) is 1. The van der Waals surface area contributed by atoms with Crippen LogP contribution in [0, 0.1) is 5.41 Å². The molecule has 3 rings (SSSR count). The van der Waals surface area contributed by atoms with Crippen LogP contribution in [0.15, 0.2) is 0 Å². The Hall–Kier alpha value is -0.120. The van der Waals surface area contributed by atoms with Crippen LogP contribution in [0.2, 0.25) is 0 Å². The van der Waals surface area contributed by atoms with E-state index in [0.717, 1.165) is 12.1 Å². The minimum atomic E-state index is 0.594. The van der Waals surface area contributed by atoms with Gasteiger partial charge in [-0.25, -0.2) is 0 Å². The van der Waals surface area contributed by atoms with Crippen molar-refractivity contribution in [1.82, 2.24) is 15.1 Å². The second kappa shape index (κ2) is 6.33. The third-order valence-corrected chi connectivity index (χ3v) is 5.82. The number of nitrogens with one attached hydrogen (secondary N) is 1. The maximum atomic E-state index is 3.82. The number of hydrogen-bond acceptors (Lipinski definition) is 3. The molecule has 3 nitrogen and oxygen atoms in total. The Kier molecular flexibility index (Phi) is 4.68. The van der Waals surface area contributed by atoms with Gasteiger partial charge in [0.25, 0.3) is 0 Å². The van der Waals surface area contributed by atoms with E-state index >= 15 is 0 Å². The number of hydrogen-bond donors (Lipinski definition) is 1. The predicted molar refractivity (Wildman–Crippen MR) is 85.1 cm³/mol. The highest BCUT2D eigenvalue weighted by molar-refractivity contribution is 4.94. The van der Waals surface area contributed by atoms with Gasteiger partial charge in [0, 0.05) is 44.8 Å². The lowest BCUT2D eigenvalue weighted by molar-refractivity contribution is 0.0542.